The highest BCUT2D eigenvalue weighted by molar-refractivity contribution is 6.01. The Bertz CT molecular complexity index is 1040. The molecule has 2 aliphatic rings. The van der Waals surface area contributed by atoms with E-state index in [1.807, 2.05) is 24.3 Å². The maximum absolute atomic E-state index is 13.6. The molecule has 1 fully saturated rings. The Labute approximate surface area is 194 Å². The minimum absolute atomic E-state index is 0.0602. The highest BCUT2D eigenvalue weighted by Crippen LogP contribution is 2.30. The van der Waals surface area contributed by atoms with Crippen molar-refractivity contribution in [2.45, 2.75) is 77.0 Å². The van der Waals surface area contributed by atoms with E-state index in [-0.39, 0.29) is 42.3 Å². The molecule has 8 nitrogen and oxygen atoms in total. The summed E-state index contributed by atoms with van der Waals surface area (Å²) in [5.74, 6) is -1.13. The Hall–Kier alpha value is -3.16. The number of aromatic nitrogens is 2. The predicted octanol–water partition coefficient (Wildman–Crippen LogP) is 3.10. The van der Waals surface area contributed by atoms with E-state index in [0.29, 0.717) is 0 Å². The number of carbonyl (C=O) groups is 3. The van der Waals surface area contributed by atoms with Gasteiger partial charge in [0.05, 0.1) is 13.7 Å². The summed E-state index contributed by atoms with van der Waals surface area (Å²) >= 11 is 0. The first kappa shape index (κ1) is 23.0. The van der Waals surface area contributed by atoms with Crippen molar-refractivity contribution in [3.8, 4) is 0 Å². The zero-order valence-electron chi connectivity index (χ0n) is 19.6. The third kappa shape index (κ3) is 4.51. The highest BCUT2D eigenvalue weighted by Gasteiger charge is 2.48. The average molecular weight is 453 g/mol. The van der Waals surface area contributed by atoms with Crippen molar-refractivity contribution in [3.05, 3.63) is 52.8 Å². The Morgan fingerprint density at radius 1 is 1.15 bits per heavy atom. The lowest BCUT2D eigenvalue weighted by molar-refractivity contribution is -0.134. The molecule has 176 valence electrons. The first-order valence-corrected chi connectivity index (χ1v) is 11.7. The summed E-state index contributed by atoms with van der Waals surface area (Å²) in [7, 11) is 1.27. The van der Waals surface area contributed by atoms with Crippen LogP contribution < -0.4 is 5.32 Å². The molecular formula is C25H32N4O4. The van der Waals surface area contributed by atoms with E-state index < -0.39 is 11.5 Å². The number of esters is 1. The molecule has 1 N–H and O–H groups in total. The van der Waals surface area contributed by atoms with E-state index in [1.165, 1.54) is 29.8 Å². The number of aryl methyl sites for hydroxylation is 1. The van der Waals surface area contributed by atoms with Crippen molar-refractivity contribution in [3.63, 3.8) is 0 Å². The largest absolute Gasteiger partial charge is 0.464 e. The van der Waals surface area contributed by atoms with Crippen LogP contribution in [-0.4, -0.2) is 51.2 Å². The molecule has 0 saturated heterocycles. The smallest absolute Gasteiger partial charge is 0.358 e. The summed E-state index contributed by atoms with van der Waals surface area (Å²) < 4.78 is 6.24. The standard InChI is InChI=1S/C25H32N4O4/c1-4-17-10-12-18(13-11-17)15-28-22(30)21-14-20(23(31)33-3)27-29(21)16-25(28,2)24(32)26-19-8-6-5-7-9-19/h10-14,19H,4-9,15-16H2,1-3H3,(H,26,32)/t25-/m1/s1. The van der Waals surface area contributed by atoms with Gasteiger partial charge >= 0.3 is 5.97 Å². The van der Waals surface area contributed by atoms with Crippen molar-refractivity contribution in [2.75, 3.05) is 7.11 Å². The van der Waals surface area contributed by atoms with Crippen LogP contribution >= 0.6 is 0 Å². The lowest BCUT2D eigenvalue weighted by Gasteiger charge is -2.44. The third-order valence-corrected chi connectivity index (χ3v) is 6.89. The van der Waals surface area contributed by atoms with Gasteiger partial charge in [-0.05, 0) is 37.3 Å². The Balaban J connectivity index is 1.68. The number of hydrogen-bond acceptors (Lipinski definition) is 5. The van der Waals surface area contributed by atoms with Crippen molar-refractivity contribution < 1.29 is 19.1 Å². The predicted molar refractivity (Wildman–Crippen MR) is 123 cm³/mol. The molecule has 0 radical (unpaired) electrons. The van der Waals surface area contributed by atoms with Crippen molar-refractivity contribution in [1.82, 2.24) is 20.0 Å². The number of nitrogens with one attached hydrogen (secondary N) is 1. The molecular weight excluding hydrogens is 420 g/mol. The SMILES string of the molecule is CCc1ccc(CN2C(=O)c3cc(C(=O)OC)nn3C[C@]2(C)C(=O)NC2CCCCC2)cc1. The number of ether oxygens (including phenoxy) is 1. The van der Waals surface area contributed by atoms with Crippen LogP contribution in [0.1, 0.15) is 78.1 Å². The summed E-state index contributed by atoms with van der Waals surface area (Å²) in [6, 6.07) is 9.65. The third-order valence-electron chi connectivity index (χ3n) is 6.89. The molecule has 1 saturated carbocycles. The fourth-order valence-corrected chi connectivity index (χ4v) is 4.74. The molecule has 0 unspecified atom stereocenters. The zero-order chi connectivity index (χ0) is 23.6. The second-order valence-electron chi connectivity index (χ2n) is 9.21. The van der Waals surface area contributed by atoms with Gasteiger partial charge in [-0.3, -0.25) is 14.3 Å². The molecule has 1 atom stereocenters. The summed E-state index contributed by atoms with van der Waals surface area (Å²) in [5.41, 5.74) is 1.35. The molecule has 1 aromatic heterocycles. The van der Waals surface area contributed by atoms with Gasteiger partial charge in [-0.2, -0.15) is 5.10 Å². The van der Waals surface area contributed by atoms with Crippen LogP contribution in [0.25, 0.3) is 0 Å². The summed E-state index contributed by atoms with van der Waals surface area (Å²) in [5, 5.41) is 7.47. The number of benzene rings is 1. The van der Waals surface area contributed by atoms with Gasteiger partial charge in [0, 0.05) is 18.7 Å². The maximum atomic E-state index is 13.6. The Morgan fingerprint density at radius 3 is 2.45 bits per heavy atom. The molecule has 1 aliphatic carbocycles. The van der Waals surface area contributed by atoms with Gasteiger partial charge in [-0.25, -0.2) is 4.79 Å². The van der Waals surface area contributed by atoms with Crippen molar-refractivity contribution in [1.29, 1.82) is 0 Å². The molecule has 33 heavy (non-hydrogen) atoms. The summed E-state index contributed by atoms with van der Waals surface area (Å²) in [6.07, 6.45) is 6.22. The molecule has 2 amide bonds. The number of nitrogens with zero attached hydrogens (tertiary/aromatic N) is 3. The van der Waals surface area contributed by atoms with Crippen LogP contribution in [0.5, 0.6) is 0 Å². The van der Waals surface area contributed by atoms with Crippen LogP contribution in [0.3, 0.4) is 0 Å². The number of amides is 2. The van der Waals surface area contributed by atoms with E-state index in [0.717, 1.165) is 37.7 Å². The fraction of sp³-hybridized carbons (Fsp3) is 0.520. The van der Waals surface area contributed by atoms with E-state index in [2.05, 4.69) is 17.3 Å². The van der Waals surface area contributed by atoms with Crippen LogP contribution in [0, 0.1) is 0 Å². The quantitative estimate of drug-likeness (QED) is 0.680. The second-order valence-corrected chi connectivity index (χ2v) is 9.21. The van der Waals surface area contributed by atoms with Gasteiger partial charge in [0.1, 0.15) is 11.2 Å². The Kier molecular flexibility index (Phi) is 6.54. The number of rotatable bonds is 6. The molecule has 1 aromatic carbocycles. The van der Waals surface area contributed by atoms with E-state index in [9.17, 15) is 14.4 Å². The summed E-state index contributed by atoms with van der Waals surface area (Å²) in [6.45, 7) is 4.33. The number of carbonyl (C=O) groups excluding carboxylic acids is 3. The number of methoxy groups -OCH3 is 1. The first-order valence-electron chi connectivity index (χ1n) is 11.7. The minimum Gasteiger partial charge on any atom is -0.464 e. The van der Waals surface area contributed by atoms with Crippen molar-refractivity contribution in [2.24, 2.45) is 0 Å². The lowest BCUT2D eigenvalue weighted by Crippen LogP contribution is -2.64. The second kappa shape index (κ2) is 9.37. The lowest BCUT2D eigenvalue weighted by atomic mass is 9.91. The van der Waals surface area contributed by atoms with Gasteiger partial charge in [-0.15, -0.1) is 0 Å². The van der Waals surface area contributed by atoms with Crippen LogP contribution in [-0.2, 0) is 29.0 Å². The number of hydrogen-bond donors (Lipinski definition) is 1. The molecule has 0 bridgehead atoms. The van der Waals surface area contributed by atoms with E-state index in [4.69, 9.17) is 4.74 Å². The van der Waals surface area contributed by atoms with Crippen molar-refractivity contribution >= 4 is 17.8 Å². The molecule has 1 aliphatic heterocycles. The van der Waals surface area contributed by atoms with Gasteiger partial charge in [0.15, 0.2) is 5.69 Å². The normalized spacial score (nSPS) is 20.9. The molecule has 4 rings (SSSR count). The van der Waals surface area contributed by atoms with Crippen LogP contribution in [0.4, 0.5) is 0 Å². The minimum atomic E-state index is -1.15. The molecule has 0 spiro atoms. The molecule has 2 heterocycles. The molecule has 8 heteroatoms. The van der Waals surface area contributed by atoms with Gasteiger partial charge < -0.3 is 15.0 Å². The summed E-state index contributed by atoms with van der Waals surface area (Å²) in [4.78, 5) is 40.9. The van der Waals surface area contributed by atoms with Crippen LogP contribution in [0.15, 0.2) is 30.3 Å². The van der Waals surface area contributed by atoms with Gasteiger partial charge in [0.25, 0.3) is 5.91 Å². The van der Waals surface area contributed by atoms with E-state index >= 15 is 0 Å². The Morgan fingerprint density at radius 2 is 1.82 bits per heavy atom. The topological polar surface area (TPSA) is 93.5 Å². The zero-order valence-corrected chi connectivity index (χ0v) is 19.6. The molecule has 2 aromatic rings. The highest BCUT2D eigenvalue weighted by atomic mass is 16.5. The average Bonchev–Trinajstić information content (AvgIpc) is 3.26. The fourth-order valence-electron chi connectivity index (χ4n) is 4.74. The maximum Gasteiger partial charge on any atom is 0.358 e. The van der Waals surface area contributed by atoms with Crippen LogP contribution in [0.2, 0.25) is 0 Å². The number of fused-ring (bicyclic) bond motifs is 1. The monoisotopic (exact) mass is 452 g/mol. The van der Waals surface area contributed by atoms with Gasteiger partial charge in [0.2, 0.25) is 5.91 Å². The van der Waals surface area contributed by atoms with Gasteiger partial charge in [-0.1, -0.05) is 50.5 Å². The first-order chi connectivity index (χ1) is 15.9. The van der Waals surface area contributed by atoms with E-state index in [1.54, 1.807) is 11.8 Å².